The number of pyridine rings is 1. The molecule has 4 saturated carbocycles. The van der Waals surface area contributed by atoms with Gasteiger partial charge in [0.15, 0.2) is 5.65 Å². The van der Waals surface area contributed by atoms with Crippen LogP contribution in [-0.2, 0) is 9.59 Å². The van der Waals surface area contributed by atoms with Crippen LogP contribution in [0.2, 0.25) is 0 Å². The first kappa shape index (κ1) is 19.7. The van der Waals surface area contributed by atoms with Gasteiger partial charge < -0.3 is 20.8 Å². The van der Waals surface area contributed by atoms with Gasteiger partial charge in [-0.3, -0.25) is 19.4 Å². The second-order valence-corrected chi connectivity index (χ2v) is 9.68. The maximum absolute atomic E-state index is 12.4. The van der Waals surface area contributed by atoms with Gasteiger partial charge in [-0.05, 0) is 55.9 Å². The zero-order chi connectivity index (χ0) is 22.0. The molecule has 3 aromatic heterocycles. The third kappa shape index (κ3) is 2.93. The Hall–Kier alpha value is -2.98. The molecule has 0 radical (unpaired) electrons. The van der Waals surface area contributed by atoms with E-state index < -0.39 is 17.4 Å². The summed E-state index contributed by atoms with van der Waals surface area (Å²) >= 11 is 0. The Morgan fingerprint density at radius 3 is 2.66 bits per heavy atom. The predicted molar refractivity (Wildman–Crippen MR) is 116 cm³/mol. The van der Waals surface area contributed by atoms with Crippen LogP contribution in [0.1, 0.15) is 38.1 Å². The van der Waals surface area contributed by atoms with Gasteiger partial charge in [0.25, 0.3) is 0 Å². The molecule has 3 unspecified atom stereocenters. The van der Waals surface area contributed by atoms with Crippen molar-refractivity contribution in [2.45, 2.75) is 43.7 Å². The number of nitrogens with one attached hydrogen (secondary N) is 3. The fourth-order valence-electron chi connectivity index (χ4n) is 6.74. The van der Waals surface area contributed by atoms with Crippen molar-refractivity contribution in [2.75, 3.05) is 18.5 Å². The zero-order valence-corrected chi connectivity index (χ0v) is 17.5. The summed E-state index contributed by atoms with van der Waals surface area (Å²) in [6.45, 7) is -0.233. The van der Waals surface area contributed by atoms with E-state index in [2.05, 4.69) is 30.4 Å². The Morgan fingerprint density at radius 2 is 1.94 bits per heavy atom. The lowest BCUT2D eigenvalue weighted by atomic mass is 9.52. The lowest BCUT2D eigenvalue weighted by Crippen LogP contribution is -2.55. The van der Waals surface area contributed by atoms with Crippen molar-refractivity contribution in [3.05, 3.63) is 18.5 Å². The van der Waals surface area contributed by atoms with E-state index in [-0.39, 0.29) is 19.2 Å². The van der Waals surface area contributed by atoms with Gasteiger partial charge in [0.1, 0.15) is 5.82 Å². The molecule has 4 aliphatic rings. The monoisotopic (exact) mass is 438 g/mol. The first-order valence-corrected chi connectivity index (χ1v) is 11.2. The second kappa shape index (κ2) is 7.01. The van der Waals surface area contributed by atoms with Crippen LogP contribution in [0.15, 0.2) is 18.5 Å². The molecule has 2 amide bonds. The third-order valence-corrected chi connectivity index (χ3v) is 7.58. The van der Waals surface area contributed by atoms with Gasteiger partial charge >= 0.3 is 11.8 Å². The fraction of sp³-hybridized carbons (Fsp3) is 0.545. The Labute approximate surface area is 183 Å². The summed E-state index contributed by atoms with van der Waals surface area (Å²) < 4.78 is 2.12. The summed E-state index contributed by atoms with van der Waals surface area (Å²) in [6.07, 6.45) is 8.06. The van der Waals surface area contributed by atoms with Crippen molar-refractivity contribution < 1.29 is 19.8 Å². The number of nitrogens with zero attached hydrogens (tertiary/aromatic N) is 3. The van der Waals surface area contributed by atoms with E-state index in [0.717, 1.165) is 43.0 Å². The van der Waals surface area contributed by atoms with Crippen molar-refractivity contribution in [2.24, 2.45) is 17.8 Å². The Morgan fingerprint density at radius 1 is 1.16 bits per heavy atom. The van der Waals surface area contributed by atoms with E-state index in [9.17, 15) is 14.7 Å². The number of anilines is 1. The molecule has 0 aliphatic heterocycles. The van der Waals surface area contributed by atoms with Gasteiger partial charge in [-0.15, -0.1) is 0 Å². The fourth-order valence-corrected chi connectivity index (χ4v) is 6.74. The molecule has 4 fully saturated rings. The molecule has 32 heavy (non-hydrogen) atoms. The molecular weight excluding hydrogens is 412 g/mol. The van der Waals surface area contributed by atoms with Gasteiger partial charge in [-0.25, -0.2) is 9.97 Å². The number of carbonyl (C=O) groups is 2. The van der Waals surface area contributed by atoms with Gasteiger partial charge in [0, 0.05) is 24.3 Å². The molecule has 3 heterocycles. The number of fused-ring (bicyclic) bond motifs is 3. The highest BCUT2D eigenvalue weighted by Crippen LogP contribution is 2.60. The lowest BCUT2D eigenvalue weighted by molar-refractivity contribution is -0.148. The first-order valence-electron chi connectivity index (χ1n) is 11.2. The summed E-state index contributed by atoms with van der Waals surface area (Å²) in [7, 11) is 0. The molecule has 4 bridgehead atoms. The number of aromatic nitrogens is 4. The molecule has 10 nitrogen and oxygen atoms in total. The van der Waals surface area contributed by atoms with Gasteiger partial charge in [0.05, 0.1) is 29.2 Å². The van der Waals surface area contributed by atoms with Crippen LogP contribution >= 0.6 is 0 Å². The summed E-state index contributed by atoms with van der Waals surface area (Å²) in [5.41, 5.74) is 0.991. The van der Waals surface area contributed by atoms with Crippen LogP contribution in [0.3, 0.4) is 0 Å². The number of aliphatic hydroxyl groups excluding tert-OH is 1. The quantitative estimate of drug-likeness (QED) is 0.385. The Bertz CT molecular complexity index is 1220. The molecular formula is C22H26N6O4. The number of rotatable bonds is 4. The number of carbonyl (C=O) groups excluding carboxylic acids is 2. The minimum absolute atomic E-state index is 0.00853. The zero-order valence-electron chi connectivity index (χ0n) is 17.5. The predicted octanol–water partition coefficient (Wildman–Crippen LogP) is 1.07. The van der Waals surface area contributed by atoms with Crippen LogP contribution in [0, 0.1) is 17.8 Å². The van der Waals surface area contributed by atoms with Crippen LogP contribution in [-0.4, -0.2) is 60.5 Å². The minimum Gasteiger partial charge on any atom is -0.395 e. The number of hydrogen-bond donors (Lipinski definition) is 5. The van der Waals surface area contributed by atoms with Crippen LogP contribution < -0.4 is 10.6 Å². The van der Waals surface area contributed by atoms with Crippen molar-refractivity contribution in [1.29, 1.82) is 0 Å². The van der Waals surface area contributed by atoms with E-state index >= 15 is 0 Å². The number of H-pyrrole nitrogens is 1. The average molecular weight is 438 g/mol. The molecule has 5 N–H and O–H groups in total. The SMILES string of the molecule is O=C(NCCO)C(=O)Nc1[nH]n(C2[C@@H]3CC4C[C@H]2CC(O)(C4)C3)c2c1cnc1nccc12. The first-order chi connectivity index (χ1) is 15.5. The topological polar surface area (TPSA) is 145 Å². The highest BCUT2D eigenvalue weighted by atomic mass is 16.3. The van der Waals surface area contributed by atoms with Crippen LogP contribution in [0.5, 0.6) is 0 Å². The number of hydrogen-bond acceptors (Lipinski definition) is 6. The average Bonchev–Trinajstić information content (AvgIpc) is 3.35. The summed E-state index contributed by atoms with van der Waals surface area (Å²) in [5, 5.41) is 29.9. The molecule has 0 spiro atoms. The maximum Gasteiger partial charge on any atom is 0.314 e. The van der Waals surface area contributed by atoms with Crippen LogP contribution in [0.25, 0.3) is 21.9 Å². The minimum atomic E-state index is -0.811. The molecule has 4 aliphatic carbocycles. The highest BCUT2D eigenvalue weighted by molar-refractivity contribution is 6.40. The van der Waals surface area contributed by atoms with E-state index in [1.165, 1.54) is 0 Å². The normalized spacial score (nSPS) is 30.8. The largest absolute Gasteiger partial charge is 0.395 e. The molecule has 10 heteroatoms. The van der Waals surface area contributed by atoms with Crippen molar-refractivity contribution >= 4 is 39.6 Å². The highest BCUT2D eigenvalue weighted by Gasteiger charge is 2.55. The Balaban J connectivity index is 1.44. The summed E-state index contributed by atoms with van der Waals surface area (Å²) in [5.74, 6) is 0.0591. The van der Waals surface area contributed by atoms with Crippen molar-refractivity contribution in [3.8, 4) is 0 Å². The molecule has 5 atom stereocenters. The van der Waals surface area contributed by atoms with Crippen molar-refractivity contribution in [1.82, 2.24) is 25.1 Å². The van der Waals surface area contributed by atoms with Gasteiger partial charge in [0.2, 0.25) is 0 Å². The van der Waals surface area contributed by atoms with Gasteiger partial charge in [-0.1, -0.05) is 0 Å². The van der Waals surface area contributed by atoms with Crippen molar-refractivity contribution in [3.63, 3.8) is 0 Å². The standard InChI is InChI=1S/C22H26N6O4/c29-4-3-24-20(30)21(31)26-19-15-10-25-18-14(1-2-23-18)17(15)28(27-19)16-12-5-11-6-13(16)9-22(32,7-11)8-12/h1-2,10-13,16,27,29,32H,3-9H2,(H,24,30)(H,26,31)/t11?,12-,13+,16?,22?. The van der Waals surface area contributed by atoms with E-state index in [0.29, 0.717) is 34.6 Å². The number of aromatic amines is 1. The lowest BCUT2D eigenvalue weighted by Gasteiger charge is -2.58. The van der Waals surface area contributed by atoms with Gasteiger partial charge in [-0.2, -0.15) is 0 Å². The van der Waals surface area contributed by atoms with E-state index in [4.69, 9.17) is 5.11 Å². The Kier molecular flexibility index (Phi) is 4.31. The van der Waals surface area contributed by atoms with E-state index in [1.54, 1.807) is 12.4 Å². The maximum atomic E-state index is 12.4. The molecule has 168 valence electrons. The number of amides is 2. The summed E-state index contributed by atoms with van der Waals surface area (Å²) in [6, 6.07) is 2.08. The molecule has 7 rings (SSSR count). The number of aliphatic hydroxyl groups is 2. The smallest absolute Gasteiger partial charge is 0.314 e. The summed E-state index contributed by atoms with van der Waals surface area (Å²) in [4.78, 5) is 33.3. The van der Waals surface area contributed by atoms with E-state index in [1.807, 2.05) is 6.07 Å². The molecule has 3 aromatic rings. The molecule has 0 aromatic carbocycles. The second-order valence-electron chi connectivity index (χ2n) is 9.68. The molecule has 0 saturated heterocycles. The van der Waals surface area contributed by atoms with Crippen LogP contribution in [0.4, 0.5) is 5.82 Å². The third-order valence-electron chi connectivity index (χ3n) is 7.58.